The van der Waals surface area contributed by atoms with Gasteiger partial charge in [-0.25, -0.2) is 0 Å². The second-order valence-electron chi connectivity index (χ2n) is 3.48. The van der Waals surface area contributed by atoms with Gasteiger partial charge in [-0.3, -0.25) is 4.79 Å². The largest absolute Gasteiger partial charge is 0.345 e. The molecule has 1 aromatic heterocycles. The van der Waals surface area contributed by atoms with E-state index in [0.717, 1.165) is 6.54 Å². The SMILES string of the molecule is CNCCN(C)C(=O)c1cc(Cl)cn1C.Cl. The summed E-state index contributed by atoms with van der Waals surface area (Å²) in [6, 6.07) is 1.68. The standard InChI is InChI=1S/C10H16ClN3O.ClH/c1-12-4-5-13(2)10(15)9-6-8(11)7-14(9)3;/h6-7,12H,4-5H2,1-3H3;1H. The molecule has 0 unspecified atom stereocenters. The van der Waals surface area contributed by atoms with Gasteiger partial charge in [0.05, 0.1) is 5.02 Å². The quantitative estimate of drug-likeness (QED) is 0.894. The van der Waals surface area contributed by atoms with Gasteiger partial charge in [0, 0.05) is 33.4 Å². The van der Waals surface area contributed by atoms with Crippen LogP contribution in [0.2, 0.25) is 5.02 Å². The maximum absolute atomic E-state index is 11.9. The number of likely N-dealkylation sites (N-methyl/N-ethyl adjacent to an activating group) is 2. The molecule has 0 aliphatic rings. The maximum Gasteiger partial charge on any atom is 0.270 e. The third kappa shape index (κ3) is 3.70. The van der Waals surface area contributed by atoms with Crippen LogP contribution in [-0.2, 0) is 7.05 Å². The molecule has 0 bridgehead atoms. The first-order chi connectivity index (χ1) is 7.06. The Morgan fingerprint density at radius 2 is 2.25 bits per heavy atom. The van der Waals surface area contributed by atoms with Crippen LogP contribution in [0.25, 0.3) is 0 Å². The van der Waals surface area contributed by atoms with Crippen LogP contribution < -0.4 is 5.32 Å². The van der Waals surface area contributed by atoms with Crippen LogP contribution >= 0.6 is 24.0 Å². The lowest BCUT2D eigenvalue weighted by molar-refractivity contribution is 0.0787. The summed E-state index contributed by atoms with van der Waals surface area (Å²) in [7, 11) is 5.45. The van der Waals surface area contributed by atoms with E-state index in [4.69, 9.17) is 11.6 Å². The molecule has 1 heterocycles. The number of nitrogens with zero attached hydrogens (tertiary/aromatic N) is 2. The number of aryl methyl sites for hydroxylation is 1. The molecule has 0 saturated heterocycles. The molecule has 0 fully saturated rings. The van der Waals surface area contributed by atoms with Crippen molar-refractivity contribution in [3.8, 4) is 0 Å². The van der Waals surface area contributed by atoms with E-state index in [1.165, 1.54) is 0 Å². The second kappa shape index (κ2) is 6.78. The van der Waals surface area contributed by atoms with E-state index in [1.807, 2.05) is 14.1 Å². The zero-order valence-corrected chi connectivity index (χ0v) is 11.2. The first-order valence-corrected chi connectivity index (χ1v) is 5.16. The zero-order chi connectivity index (χ0) is 11.4. The van der Waals surface area contributed by atoms with Gasteiger partial charge in [0.2, 0.25) is 0 Å². The van der Waals surface area contributed by atoms with Crippen molar-refractivity contribution in [3.63, 3.8) is 0 Å². The predicted octanol–water partition coefficient (Wildman–Crippen LogP) is 1.39. The fourth-order valence-corrected chi connectivity index (χ4v) is 1.56. The molecule has 0 spiro atoms. The molecule has 0 aliphatic carbocycles. The fourth-order valence-electron chi connectivity index (χ4n) is 1.31. The Kier molecular flexibility index (Phi) is 6.48. The zero-order valence-electron chi connectivity index (χ0n) is 9.66. The van der Waals surface area contributed by atoms with E-state index in [2.05, 4.69) is 5.32 Å². The number of aromatic nitrogens is 1. The molecule has 0 aliphatic heterocycles. The number of hydrogen-bond acceptors (Lipinski definition) is 2. The molecule has 1 N–H and O–H groups in total. The summed E-state index contributed by atoms with van der Waals surface area (Å²) in [5.41, 5.74) is 0.610. The number of amides is 1. The normalized spacial score (nSPS) is 9.75. The van der Waals surface area contributed by atoms with Gasteiger partial charge in [0.15, 0.2) is 0 Å². The van der Waals surface area contributed by atoms with Gasteiger partial charge >= 0.3 is 0 Å². The lowest BCUT2D eigenvalue weighted by atomic mass is 10.3. The molecular weight excluding hydrogens is 249 g/mol. The number of hydrogen-bond donors (Lipinski definition) is 1. The van der Waals surface area contributed by atoms with E-state index >= 15 is 0 Å². The molecule has 1 aromatic rings. The lowest BCUT2D eigenvalue weighted by Gasteiger charge is -2.16. The van der Waals surface area contributed by atoms with Gasteiger partial charge in [0.1, 0.15) is 5.69 Å². The van der Waals surface area contributed by atoms with Crippen LogP contribution in [0.1, 0.15) is 10.5 Å². The van der Waals surface area contributed by atoms with Crippen molar-refractivity contribution in [1.29, 1.82) is 0 Å². The third-order valence-corrected chi connectivity index (χ3v) is 2.44. The number of carbonyl (C=O) groups excluding carboxylic acids is 1. The lowest BCUT2D eigenvalue weighted by Crippen LogP contribution is -2.33. The molecule has 0 aromatic carbocycles. The van der Waals surface area contributed by atoms with Crippen LogP contribution in [0, 0.1) is 0 Å². The van der Waals surface area contributed by atoms with E-state index in [1.54, 1.807) is 28.8 Å². The maximum atomic E-state index is 11.9. The summed E-state index contributed by atoms with van der Waals surface area (Å²) >= 11 is 5.81. The van der Waals surface area contributed by atoms with Gasteiger partial charge in [-0.15, -0.1) is 12.4 Å². The van der Waals surface area contributed by atoms with Crippen molar-refractivity contribution >= 4 is 29.9 Å². The van der Waals surface area contributed by atoms with Crippen LogP contribution in [-0.4, -0.2) is 42.6 Å². The van der Waals surface area contributed by atoms with Crippen LogP contribution in [0.5, 0.6) is 0 Å². The van der Waals surface area contributed by atoms with Gasteiger partial charge in [-0.05, 0) is 13.1 Å². The molecule has 4 nitrogen and oxygen atoms in total. The highest BCUT2D eigenvalue weighted by Crippen LogP contribution is 2.13. The van der Waals surface area contributed by atoms with E-state index in [-0.39, 0.29) is 18.3 Å². The van der Waals surface area contributed by atoms with Crippen molar-refractivity contribution < 1.29 is 4.79 Å². The van der Waals surface area contributed by atoms with Crippen LogP contribution in [0.4, 0.5) is 0 Å². The van der Waals surface area contributed by atoms with E-state index < -0.39 is 0 Å². The summed E-state index contributed by atoms with van der Waals surface area (Å²) in [6.45, 7) is 1.46. The van der Waals surface area contributed by atoms with Gasteiger partial charge < -0.3 is 14.8 Å². The molecular formula is C10H17Cl2N3O. The Labute approximate surface area is 107 Å². The summed E-state index contributed by atoms with van der Waals surface area (Å²) in [6.07, 6.45) is 1.72. The smallest absolute Gasteiger partial charge is 0.270 e. The van der Waals surface area contributed by atoms with Gasteiger partial charge in [-0.2, -0.15) is 0 Å². The topological polar surface area (TPSA) is 37.3 Å². The van der Waals surface area contributed by atoms with E-state index in [9.17, 15) is 4.79 Å². The minimum absolute atomic E-state index is 0. The van der Waals surface area contributed by atoms with Crippen molar-refractivity contribution in [2.24, 2.45) is 7.05 Å². The molecule has 1 amide bonds. The van der Waals surface area contributed by atoms with Gasteiger partial charge in [-0.1, -0.05) is 11.6 Å². The third-order valence-electron chi connectivity index (χ3n) is 2.23. The first-order valence-electron chi connectivity index (χ1n) is 4.78. The van der Waals surface area contributed by atoms with E-state index in [0.29, 0.717) is 17.3 Å². The highest BCUT2D eigenvalue weighted by molar-refractivity contribution is 6.31. The van der Waals surface area contributed by atoms with Crippen LogP contribution in [0.15, 0.2) is 12.3 Å². The molecule has 6 heteroatoms. The highest BCUT2D eigenvalue weighted by atomic mass is 35.5. The Morgan fingerprint density at radius 3 is 2.69 bits per heavy atom. The second-order valence-corrected chi connectivity index (χ2v) is 3.92. The molecule has 1 rings (SSSR count). The summed E-state index contributed by atoms with van der Waals surface area (Å²) in [4.78, 5) is 13.6. The first kappa shape index (κ1) is 15.3. The Bertz CT molecular complexity index is 352. The molecule has 16 heavy (non-hydrogen) atoms. The summed E-state index contributed by atoms with van der Waals surface area (Å²) < 4.78 is 1.74. The Hall–Kier alpha value is -0.710. The van der Waals surface area contributed by atoms with Crippen molar-refractivity contribution in [2.45, 2.75) is 0 Å². The predicted molar refractivity (Wildman–Crippen MR) is 68.6 cm³/mol. The number of halogens is 2. The average molecular weight is 266 g/mol. The van der Waals surface area contributed by atoms with Crippen molar-refractivity contribution in [2.75, 3.05) is 27.2 Å². The van der Waals surface area contributed by atoms with Crippen molar-refractivity contribution in [3.05, 3.63) is 23.0 Å². The Balaban J connectivity index is 0.00000225. The van der Waals surface area contributed by atoms with Gasteiger partial charge in [0.25, 0.3) is 5.91 Å². The Morgan fingerprint density at radius 1 is 1.62 bits per heavy atom. The molecule has 0 saturated carbocycles. The highest BCUT2D eigenvalue weighted by Gasteiger charge is 2.14. The number of nitrogens with one attached hydrogen (secondary N) is 1. The average Bonchev–Trinajstić information content (AvgIpc) is 2.53. The molecule has 0 radical (unpaired) electrons. The van der Waals surface area contributed by atoms with Crippen LogP contribution in [0.3, 0.4) is 0 Å². The minimum atomic E-state index is -0.0142. The summed E-state index contributed by atoms with van der Waals surface area (Å²) in [5.74, 6) is -0.0142. The number of rotatable bonds is 4. The molecule has 0 atom stereocenters. The minimum Gasteiger partial charge on any atom is -0.345 e. The monoisotopic (exact) mass is 265 g/mol. The number of carbonyl (C=O) groups is 1. The summed E-state index contributed by atoms with van der Waals surface area (Å²) in [5, 5.41) is 3.58. The van der Waals surface area contributed by atoms with Crippen molar-refractivity contribution in [1.82, 2.24) is 14.8 Å². The fraction of sp³-hybridized carbons (Fsp3) is 0.500. The molecule has 92 valence electrons.